The molecule has 0 unspecified atom stereocenters. The minimum atomic E-state index is -0.879. The van der Waals surface area contributed by atoms with Gasteiger partial charge in [-0.05, 0) is 12.3 Å². The minimum Gasteiger partial charge on any atom is -0.480 e. The zero-order valence-electron chi connectivity index (χ0n) is 12.2. The monoisotopic (exact) mass is 285 g/mol. The van der Waals surface area contributed by atoms with Crippen LogP contribution < -0.4 is 5.32 Å². The van der Waals surface area contributed by atoms with Gasteiger partial charge in [-0.3, -0.25) is 4.98 Å². The summed E-state index contributed by atoms with van der Waals surface area (Å²) < 4.78 is 0. The van der Waals surface area contributed by atoms with E-state index in [1.807, 2.05) is 44.2 Å². The topological polar surface area (TPSA) is 75.1 Å². The second kappa shape index (κ2) is 6.83. The Hall–Kier alpha value is -2.43. The van der Waals surface area contributed by atoms with Crippen molar-refractivity contribution >= 4 is 11.8 Å². The molecule has 1 aromatic carbocycles. The Bertz CT molecular complexity index is 599. The number of nitrogens with one attached hydrogen (secondary N) is 1. The van der Waals surface area contributed by atoms with E-state index >= 15 is 0 Å². The average Bonchev–Trinajstić information content (AvgIpc) is 2.47. The molecular formula is C16H19N3O2. The van der Waals surface area contributed by atoms with Gasteiger partial charge in [-0.15, -0.1) is 0 Å². The van der Waals surface area contributed by atoms with Crippen LogP contribution in [-0.2, 0) is 4.79 Å². The summed E-state index contributed by atoms with van der Waals surface area (Å²) in [5, 5.41) is 12.2. The second-order valence-electron chi connectivity index (χ2n) is 5.32. The van der Waals surface area contributed by atoms with Gasteiger partial charge in [-0.1, -0.05) is 44.2 Å². The average molecular weight is 285 g/mol. The molecule has 1 atom stereocenters. The van der Waals surface area contributed by atoms with Crippen molar-refractivity contribution < 1.29 is 9.90 Å². The molecule has 0 amide bonds. The molecule has 1 heterocycles. The number of hydrogen-bond donors (Lipinski definition) is 2. The fourth-order valence-electron chi connectivity index (χ4n) is 2.05. The van der Waals surface area contributed by atoms with Crippen molar-refractivity contribution in [2.45, 2.75) is 26.3 Å². The number of anilines is 1. The van der Waals surface area contributed by atoms with Crippen LogP contribution in [0.2, 0.25) is 0 Å². The van der Waals surface area contributed by atoms with E-state index in [0.29, 0.717) is 17.9 Å². The van der Waals surface area contributed by atoms with Gasteiger partial charge in [-0.2, -0.15) is 0 Å². The molecule has 5 heteroatoms. The highest BCUT2D eigenvalue weighted by Crippen LogP contribution is 2.18. The molecule has 5 nitrogen and oxygen atoms in total. The molecule has 2 rings (SSSR count). The Balaban J connectivity index is 2.19. The number of carboxylic acids is 1. The Morgan fingerprint density at radius 3 is 2.57 bits per heavy atom. The van der Waals surface area contributed by atoms with E-state index in [9.17, 15) is 9.90 Å². The predicted octanol–water partition coefficient (Wildman–Crippen LogP) is 3.05. The van der Waals surface area contributed by atoms with Crippen LogP contribution in [0.3, 0.4) is 0 Å². The van der Waals surface area contributed by atoms with Crippen molar-refractivity contribution in [2.24, 2.45) is 5.92 Å². The summed E-state index contributed by atoms with van der Waals surface area (Å²) >= 11 is 0. The number of aromatic nitrogens is 2. The van der Waals surface area contributed by atoms with Gasteiger partial charge in [-0.25, -0.2) is 9.78 Å². The van der Waals surface area contributed by atoms with Gasteiger partial charge in [0.05, 0.1) is 18.1 Å². The van der Waals surface area contributed by atoms with Gasteiger partial charge in [0, 0.05) is 5.56 Å². The van der Waals surface area contributed by atoms with Crippen LogP contribution >= 0.6 is 0 Å². The van der Waals surface area contributed by atoms with E-state index in [1.165, 1.54) is 0 Å². The summed E-state index contributed by atoms with van der Waals surface area (Å²) in [5.41, 5.74) is 1.67. The maximum Gasteiger partial charge on any atom is 0.326 e. The second-order valence-corrected chi connectivity index (χ2v) is 5.32. The Morgan fingerprint density at radius 2 is 1.95 bits per heavy atom. The lowest BCUT2D eigenvalue weighted by molar-refractivity contribution is -0.138. The normalized spacial score (nSPS) is 12.1. The molecular weight excluding hydrogens is 266 g/mol. The van der Waals surface area contributed by atoms with Crippen molar-refractivity contribution in [3.05, 3.63) is 42.7 Å². The van der Waals surface area contributed by atoms with Crippen molar-refractivity contribution in [1.82, 2.24) is 9.97 Å². The lowest BCUT2D eigenvalue weighted by Crippen LogP contribution is -2.31. The molecule has 0 aliphatic carbocycles. The van der Waals surface area contributed by atoms with Gasteiger partial charge in [0.25, 0.3) is 0 Å². The van der Waals surface area contributed by atoms with E-state index < -0.39 is 12.0 Å². The van der Waals surface area contributed by atoms with E-state index in [-0.39, 0.29) is 5.92 Å². The molecule has 0 fully saturated rings. The van der Waals surface area contributed by atoms with Gasteiger partial charge in [0.1, 0.15) is 11.9 Å². The summed E-state index contributed by atoms with van der Waals surface area (Å²) in [7, 11) is 0. The molecule has 21 heavy (non-hydrogen) atoms. The third kappa shape index (κ3) is 4.27. The van der Waals surface area contributed by atoms with Crippen LogP contribution in [0, 0.1) is 5.92 Å². The Kier molecular flexibility index (Phi) is 4.87. The lowest BCUT2D eigenvalue weighted by Gasteiger charge is -2.17. The highest BCUT2D eigenvalue weighted by molar-refractivity contribution is 5.77. The summed E-state index contributed by atoms with van der Waals surface area (Å²) in [4.78, 5) is 19.9. The molecule has 0 spiro atoms. The lowest BCUT2D eigenvalue weighted by atomic mass is 10.0. The fourth-order valence-corrected chi connectivity index (χ4v) is 2.05. The first-order chi connectivity index (χ1) is 10.1. The smallest absolute Gasteiger partial charge is 0.326 e. The molecule has 0 saturated carbocycles. The minimum absolute atomic E-state index is 0.281. The first kappa shape index (κ1) is 15.0. The highest BCUT2D eigenvalue weighted by Gasteiger charge is 2.19. The van der Waals surface area contributed by atoms with Crippen LogP contribution in [0.25, 0.3) is 11.3 Å². The Morgan fingerprint density at radius 1 is 1.24 bits per heavy atom. The summed E-state index contributed by atoms with van der Waals surface area (Å²) in [6, 6.07) is 9.01. The quantitative estimate of drug-likeness (QED) is 0.853. The van der Waals surface area contributed by atoms with Crippen LogP contribution in [0.15, 0.2) is 42.7 Å². The van der Waals surface area contributed by atoms with Crippen molar-refractivity contribution in [1.29, 1.82) is 0 Å². The third-order valence-electron chi connectivity index (χ3n) is 3.03. The number of carbonyl (C=O) groups is 1. The zero-order valence-corrected chi connectivity index (χ0v) is 12.2. The summed E-state index contributed by atoms with van der Waals surface area (Å²) in [5.74, 6) is -0.121. The SMILES string of the molecule is CC(C)C[C@@H](Nc1cncc(-c2ccccc2)n1)C(=O)O. The van der Waals surface area contributed by atoms with Crippen molar-refractivity contribution in [3.63, 3.8) is 0 Å². The number of hydrogen-bond acceptors (Lipinski definition) is 4. The van der Waals surface area contributed by atoms with Crippen molar-refractivity contribution in [2.75, 3.05) is 5.32 Å². The molecule has 0 aliphatic heterocycles. The van der Waals surface area contributed by atoms with E-state index in [0.717, 1.165) is 5.56 Å². The highest BCUT2D eigenvalue weighted by atomic mass is 16.4. The maximum absolute atomic E-state index is 11.3. The first-order valence-corrected chi connectivity index (χ1v) is 6.93. The van der Waals surface area contributed by atoms with Crippen LogP contribution in [0.1, 0.15) is 20.3 Å². The number of rotatable bonds is 6. The van der Waals surface area contributed by atoms with Gasteiger partial charge < -0.3 is 10.4 Å². The molecule has 2 aromatic rings. The summed E-state index contributed by atoms with van der Waals surface area (Å²) in [6.45, 7) is 3.98. The van der Waals surface area contributed by atoms with Gasteiger partial charge in [0.15, 0.2) is 0 Å². The zero-order chi connectivity index (χ0) is 15.2. The predicted molar refractivity (Wildman–Crippen MR) is 82.0 cm³/mol. The molecule has 1 aromatic heterocycles. The summed E-state index contributed by atoms with van der Waals surface area (Å²) in [6.07, 6.45) is 3.74. The molecule has 0 saturated heterocycles. The number of benzene rings is 1. The van der Waals surface area contributed by atoms with E-state index in [1.54, 1.807) is 12.4 Å². The first-order valence-electron chi connectivity index (χ1n) is 6.93. The van der Waals surface area contributed by atoms with Gasteiger partial charge in [0.2, 0.25) is 0 Å². The molecule has 0 aliphatic rings. The molecule has 110 valence electrons. The van der Waals surface area contributed by atoms with Crippen LogP contribution in [0.5, 0.6) is 0 Å². The van der Waals surface area contributed by atoms with E-state index in [2.05, 4.69) is 15.3 Å². The van der Waals surface area contributed by atoms with E-state index in [4.69, 9.17) is 0 Å². The standard InChI is InChI=1S/C16H19N3O2/c1-11(2)8-13(16(20)21)18-15-10-17-9-14(19-15)12-6-4-3-5-7-12/h3-7,9-11,13H,8H2,1-2H3,(H,18,19)(H,20,21)/t13-/m1/s1. The fraction of sp³-hybridized carbons (Fsp3) is 0.312. The number of carboxylic acid groups (broad SMARTS) is 1. The van der Waals surface area contributed by atoms with Crippen molar-refractivity contribution in [3.8, 4) is 11.3 Å². The number of aliphatic carboxylic acids is 1. The van der Waals surface area contributed by atoms with Crippen LogP contribution in [0.4, 0.5) is 5.82 Å². The molecule has 0 bridgehead atoms. The van der Waals surface area contributed by atoms with Crippen LogP contribution in [-0.4, -0.2) is 27.1 Å². The number of nitrogens with zero attached hydrogens (tertiary/aromatic N) is 2. The Labute approximate surface area is 124 Å². The maximum atomic E-state index is 11.3. The molecule has 0 radical (unpaired) electrons. The third-order valence-corrected chi connectivity index (χ3v) is 3.03. The largest absolute Gasteiger partial charge is 0.480 e. The van der Waals surface area contributed by atoms with Gasteiger partial charge >= 0.3 is 5.97 Å². The molecule has 2 N–H and O–H groups in total.